The number of rotatable bonds is 11. The third-order valence-corrected chi connectivity index (χ3v) is 7.89. The minimum absolute atomic E-state index is 0.301. The van der Waals surface area contributed by atoms with Crippen LogP contribution < -0.4 is 20.3 Å². The molecule has 2 heterocycles. The summed E-state index contributed by atoms with van der Waals surface area (Å²) in [5, 5.41) is 15.9. The number of aliphatic imine (C=N–C) groups is 2. The Labute approximate surface area is 257 Å². The lowest BCUT2D eigenvalue weighted by Gasteiger charge is -2.39. The fourth-order valence-corrected chi connectivity index (χ4v) is 5.18. The van der Waals surface area contributed by atoms with E-state index in [0.29, 0.717) is 37.9 Å². The normalized spacial score (nSPS) is 17.6. The number of nitrogens with zero attached hydrogens (tertiary/aromatic N) is 5. The average Bonchev–Trinajstić information content (AvgIpc) is 3.05. The summed E-state index contributed by atoms with van der Waals surface area (Å²) in [4.78, 5) is 27.8. The van der Waals surface area contributed by atoms with Crippen LogP contribution in [0, 0.1) is 11.7 Å². The predicted octanol–water partition coefficient (Wildman–Crippen LogP) is 4.32. The smallest absolute Gasteiger partial charge is 0.306 e. The Morgan fingerprint density at radius 3 is 2.41 bits per heavy atom. The molecule has 2 aliphatic heterocycles. The van der Waals surface area contributed by atoms with Crippen LogP contribution in [-0.2, 0) is 11.2 Å². The molecule has 2 aliphatic rings. The molecule has 3 aromatic rings. The number of likely N-dealkylation sites (N-methyl/N-ethyl adjacent to an activating group) is 1. The lowest BCUT2D eigenvalue weighted by molar-refractivity contribution is -0.141. The second-order valence-corrected chi connectivity index (χ2v) is 11.0. The number of carboxylic acid groups (broad SMARTS) is 1. The zero-order valence-corrected chi connectivity index (χ0v) is 25.2. The average molecular weight is 602 g/mol. The maximum absolute atomic E-state index is 13.5. The van der Waals surface area contributed by atoms with Gasteiger partial charge in [-0.2, -0.15) is 0 Å². The number of halogens is 1. The molecule has 0 aliphatic carbocycles. The molecule has 3 N–H and O–H groups in total. The maximum Gasteiger partial charge on any atom is 0.306 e. The minimum atomic E-state index is -0.771. The summed E-state index contributed by atoms with van der Waals surface area (Å²) in [6.07, 6.45) is 0.674. The summed E-state index contributed by atoms with van der Waals surface area (Å²) in [6, 6.07) is 24.2. The van der Waals surface area contributed by atoms with Gasteiger partial charge in [-0.1, -0.05) is 37.3 Å². The van der Waals surface area contributed by atoms with Gasteiger partial charge in [-0.3, -0.25) is 15.0 Å². The zero-order valence-electron chi connectivity index (χ0n) is 25.2. The van der Waals surface area contributed by atoms with E-state index in [1.165, 1.54) is 17.8 Å². The van der Waals surface area contributed by atoms with Crippen LogP contribution in [-0.4, -0.2) is 85.5 Å². The monoisotopic (exact) mass is 601 g/mol. The SMILES string of the molecule is CCC(Cc1ccc(OCCN(C)C2=NC(N3CCN(c4ccccc4)CC3)N=C(Nc3ccc(F)cc3)N2)cc1)C(=O)O. The molecule has 5 rings (SSSR count). The van der Waals surface area contributed by atoms with E-state index in [4.69, 9.17) is 14.7 Å². The van der Waals surface area contributed by atoms with Gasteiger partial charge in [0.25, 0.3) is 0 Å². The highest BCUT2D eigenvalue weighted by Crippen LogP contribution is 2.20. The number of anilines is 2. The van der Waals surface area contributed by atoms with Crippen molar-refractivity contribution in [3.63, 3.8) is 0 Å². The summed E-state index contributed by atoms with van der Waals surface area (Å²) in [5.41, 5.74) is 2.90. The van der Waals surface area contributed by atoms with Gasteiger partial charge in [-0.15, -0.1) is 0 Å². The van der Waals surface area contributed by atoms with Gasteiger partial charge in [0.1, 0.15) is 18.2 Å². The molecule has 0 radical (unpaired) electrons. The molecule has 3 aromatic carbocycles. The summed E-state index contributed by atoms with van der Waals surface area (Å²) in [7, 11) is 1.94. The number of hydrogen-bond acceptors (Lipinski definition) is 9. The van der Waals surface area contributed by atoms with E-state index in [1.54, 1.807) is 12.1 Å². The van der Waals surface area contributed by atoms with E-state index in [2.05, 4.69) is 44.7 Å². The van der Waals surface area contributed by atoms with Crippen LogP contribution in [0.15, 0.2) is 88.8 Å². The van der Waals surface area contributed by atoms with Crippen LogP contribution in [0.2, 0.25) is 0 Å². The van der Waals surface area contributed by atoms with Crippen LogP contribution in [0.5, 0.6) is 5.75 Å². The van der Waals surface area contributed by atoms with Gasteiger partial charge in [0.05, 0.1) is 12.5 Å². The highest BCUT2D eigenvalue weighted by molar-refractivity contribution is 6.06. The van der Waals surface area contributed by atoms with E-state index in [-0.39, 0.29) is 11.7 Å². The Morgan fingerprint density at radius 2 is 1.75 bits per heavy atom. The maximum atomic E-state index is 13.5. The molecular weight excluding hydrogens is 561 g/mol. The molecule has 0 aromatic heterocycles. The van der Waals surface area contributed by atoms with Crippen molar-refractivity contribution in [3.05, 3.63) is 90.2 Å². The highest BCUT2D eigenvalue weighted by Gasteiger charge is 2.28. The topological polar surface area (TPSA) is 105 Å². The lowest BCUT2D eigenvalue weighted by Crippen LogP contribution is -2.55. The number of para-hydroxylation sites is 1. The first-order valence-electron chi connectivity index (χ1n) is 15.0. The lowest BCUT2D eigenvalue weighted by atomic mass is 9.97. The molecular formula is C33H40FN7O3. The van der Waals surface area contributed by atoms with Gasteiger partial charge in [0.2, 0.25) is 18.2 Å². The second-order valence-electron chi connectivity index (χ2n) is 11.0. The molecule has 0 amide bonds. The summed E-state index contributed by atoms with van der Waals surface area (Å²) in [6.45, 7) is 6.21. The van der Waals surface area contributed by atoms with Crippen molar-refractivity contribution in [2.75, 3.05) is 56.6 Å². The van der Waals surface area contributed by atoms with Crippen molar-refractivity contribution >= 4 is 29.3 Å². The molecule has 10 nitrogen and oxygen atoms in total. The van der Waals surface area contributed by atoms with Crippen LogP contribution in [0.4, 0.5) is 15.8 Å². The standard InChI is InChI=1S/C33H40FN7O3/c1-3-25(30(42)43)23-24-9-15-29(16-10-24)44-22-21-39(2)32-36-31(35-27-13-11-26(34)12-14-27)37-33(38-32)41-19-17-40(18-20-41)28-7-5-4-6-8-28/h4-16,25,33H,3,17-23H2,1-2H3,(H,42,43)(H2,35,36,37,38). The fraction of sp³-hybridized carbons (Fsp3) is 0.364. The summed E-state index contributed by atoms with van der Waals surface area (Å²) in [5.74, 6) is 0.448. The van der Waals surface area contributed by atoms with E-state index >= 15 is 0 Å². The first-order valence-corrected chi connectivity index (χ1v) is 15.0. The molecule has 2 atom stereocenters. The van der Waals surface area contributed by atoms with Crippen molar-refractivity contribution in [2.24, 2.45) is 15.9 Å². The Kier molecular flexibility index (Phi) is 10.3. The van der Waals surface area contributed by atoms with Crippen LogP contribution >= 0.6 is 0 Å². The zero-order chi connectivity index (χ0) is 30.9. The highest BCUT2D eigenvalue weighted by atomic mass is 19.1. The Balaban J connectivity index is 1.21. The molecule has 11 heteroatoms. The number of ether oxygens (including phenoxy) is 1. The number of hydrogen-bond donors (Lipinski definition) is 3. The van der Waals surface area contributed by atoms with E-state index in [9.17, 15) is 14.3 Å². The van der Waals surface area contributed by atoms with Crippen LogP contribution in [0.25, 0.3) is 0 Å². The van der Waals surface area contributed by atoms with Crippen molar-refractivity contribution in [3.8, 4) is 5.75 Å². The van der Waals surface area contributed by atoms with Crippen molar-refractivity contribution < 1.29 is 19.0 Å². The molecule has 1 saturated heterocycles. The summed E-state index contributed by atoms with van der Waals surface area (Å²) < 4.78 is 19.5. The van der Waals surface area contributed by atoms with Gasteiger partial charge in [0, 0.05) is 44.6 Å². The summed E-state index contributed by atoms with van der Waals surface area (Å²) >= 11 is 0. The van der Waals surface area contributed by atoms with Gasteiger partial charge in [-0.05, 0) is 66.9 Å². The van der Waals surface area contributed by atoms with Crippen molar-refractivity contribution in [1.29, 1.82) is 0 Å². The van der Waals surface area contributed by atoms with E-state index in [0.717, 1.165) is 43.2 Å². The number of carbonyl (C=O) groups is 1. The number of piperazine rings is 1. The van der Waals surface area contributed by atoms with E-state index < -0.39 is 12.3 Å². The quantitative estimate of drug-likeness (QED) is 0.299. The number of aliphatic carboxylic acids is 1. The molecule has 232 valence electrons. The molecule has 1 fully saturated rings. The Bertz CT molecular complexity index is 1430. The van der Waals surface area contributed by atoms with E-state index in [1.807, 2.05) is 49.2 Å². The molecule has 2 unspecified atom stereocenters. The first kappa shape index (κ1) is 30.8. The largest absolute Gasteiger partial charge is 0.492 e. The third-order valence-electron chi connectivity index (χ3n) is 7.89. The molecule has 0 saturated carbocycles. The number of nitrogens with one attached hydrogen (secondary N) is 2. The molecule has 44 heavy (non-hydrogen) atoms. The van der Waals surface area contributed by atoms with Gasteiger partial charge >= 0.3 is 5.97 Å². The Morgan fingerprint density at radius 1 is 1.05 bits per heavy atom. The van der Waals surface area contributed by atoms with Crippen molar-refractivity contribution in [2.45, 2.75) is 26.1 Å². The van der Waals surface area contributed by atoms with Gasteiger partial charge in [-0.25, -0.2) is 14.4 Å². The van der Waals surface area contributed by atoms with Crippen LogP contribution in [0.1, 0.15) is 18.9 Å². The molecule has 0 spiro atoms. The second kappa shape index (κ2) is 14.7. The van der Waals surface area contributed by atoms with Gasteiger partial charge < -0.3 is 25.0 Å². The fourth-order valence-electron chi connectivity index (χ4n) is 5.18. The first-order chi connectivity index (χ1) is 21.4. The third kappa shape index (κ3) is 8.25. The number of benzene rings is 3. The Hall–Kier alpha value is -4.64. The molecule has 0 bridgehead atoms. The van der Waals surface area contributed by atoms with Crippen molar-refractivity contribution in [1.82, 2.24) is 15.1 Å². The van der Waals surface area contributed by atoms with Crippen LogP contribution in [0.3, 0.4) is 0 Å². The predicted molar refractivity (Wildman–Crippen MR) is 172 cm³/mol. The number of guanidine groups is 2. The number of carboxylic acids is 1. The minimum Gasteiger partial charge on any atom is -0.492 e. The van der Waals surface area contributed by atoms with Gasteiger partial charge in [0.15, 0.2) is 0 Å².